The number of halogens is 6. The molecule has 0 radical (unpaired) electrons. The fourth-order valence-corrected chi connectivity index (χ4v) is 3.88. The zero-order chi connectivity index (χ0) is 25.8. The van der Waals surface area contributed by atoms with Gasteiger partial charge in [0.25, 0.3) is 0 Å². The van der Waals surface area contributed by atoms with Gasteiger partial charge in [0.2, 0.25) is 0 Å². The molecule has 0 bridgehead atoms. The van der Waals surface area contributed by atoms with E-state index in [1.54, 1.807) is 12.1 Å². The van der Waals surface area contributed by atoms with Crippen LogP contribution in [0.5, 0.6) is 11.5 Å². The van der Waals surface area contributed by atoms with Crippen LogP contribution in [0.2, 0.25) is 0 Å². The number of aromatic hydroxyl groups is 1. The van der Waals surface area contributed by atoms with E-state index < -0.39 is 51.8 Å². The van der Waals surface area contributed by atoms with Crippen molar-refractivity contribution in [1.82, 2.24) is 0 Å². The van der Waals surface area contributed by atoms with Crippen LogP contribution < -0.4 is 4.74 Å². The lowest BCUT2D eigenvalue weighted by molar-refractivity contribution is -0.189. The minimum atomic E-state index is -4.52. The van der Waals surface area contributed by atoms with Crippen LogP contribution >= 0.6 is 0 Å². The quantitative estimate of drug-likeness (QED) is 0.225. The first-order valence-electron chi connectivity index (χ1n) is 11.4. The van der Waals surface area contributed by atoms with Gasteiger partial charge in [-0.1, -0.05) is 57.4 Å². The van der Waals surface area contributed by atoms with Gasteiger partial charge in [0.05, 0.1) is 5.56 Å². The topological polar surface area (TPSA) is 29.5 Å². The molecule has 35 heavy (non-hydrogen) atoms. The monoisotopic (exact) mass is 496 g/mol. The predicted molar refractivity (Wildman–Crippen MR) is 122 cm³/mol. The first kappa shape index (κ1) is 26.4. The number of aryl methyl sites for hydroxylation is 2. The van der Waals surface area contributed by atoms with Crippen LogP contribution in [0.4, 0.5) is 26.3 Å². The van der Waals surface area contributed by atoms with Crippen LogP contribution in [-0.4, -0.2) is 5.11 Å². The molecule has 3 aromatic rings. The second-order valence-electron chi connectivity index (χ2n) is 8.31. The lowest BCUT2D eigenvalue weighted by Gasteiger charge is -2.21. The predicted octanol–water partition coefficient (Wildman–Crippen LogP) is 8.43. The third-order valence-corrected chi connectivity index (χ3v) is 5.68. The van der Waals surface area contributed by atoms with Gasteiger partial charge in [-0.15, -0.1) is 0 Å². The second-order valence-corrected chi connectivity index (χ2v) is 8.31. The zero-order valence-electron chi connectivity index (χ0n) is 19.4. The standard InChI is InChI=1S/C27H26F6O2/c1-3-5-6-8-17-11-14-19(25(30)24(17)29)22-21(34)15-20(28)23(26(22)31)27(32,33)35-18-12-9-16(7-4-2)10-13-18/h9-15,34H,3-8H2,1-2H3. The summed E-state index contributed by atoms with van der Waals surface area (Å²) in [7, 11) is 0. The third-order valence-electron chi connectivity index (χ3n) is 5.68. The molecule has 0 heterocycles. The largest absolute Gasteiger partial charge is 0.507 e. The Morgan fingerprint density at radius 3 is 2.11 bits per heavy atom. The SMILES string of the molecule is CCCCCc1ccc(-c2c(O)cc(F)c(C(F)(F)Oc3ccc(CCC)cc3)c2F)c(F)c1F. The molecule has 0 aromatic heterocycles. The average Bonchev–Trinajstić information content (AvgIpc) is 2.79. The molecule has 3 rings (SSSR count). The Bertz CT molecular complexity index is 1180. The summed E-state index contributed by atoms with van der Waals surface area (Å²) < 4.78 is 93.5. The number of ether oxygens (including phenoxy) is 1. The van der Waals surface area contributed by atoms with Gasteiger partial charge in [0, 0.05) is 11.6 Å². The van der Waals surface area contributed by atoms with Crippen molar-refractivity contribution in [3.8, 4) is 22.6 Å². The number of rotatable bonds is 10. The Labute approximate surface area is 200 Å². The second kappa shape index (κ2) is 11.1. The summed E-state index contributed by atoms with van der Waals surface area (Å²) in [6.45, 7) is 3.89. The van der Waals surface area contributed by atoms with Crippen molar-refractivity contribution >= 4 is 0 Å². The fourth-order valence-electron chi connectivity index (χ4n) is 3.88. The van der Waals surface area contributed by atoms with E-state index in [1.165, 1.54) is 18.2 Å². The number of benzene rings is 3. The molecule has 1 N–H and O–H groups in total. The number of unbranched alkanes of at least 4 members (excludes halogenated alkanes) is 2. The maximum Gasteiger partial charge on any atom is 0.432 e. The van der Waals surface area contributed by atoms with Crippen molar-refractivity contribution in [1.29, 1.82) is 0 Å². The van der Waals surface area contributed by atoms with Crippen molar-refractivity contribution in [3.05, 3.63) is 82.4 Å². The van der Waals surface area contributed by atoms with Crippen LogP contribution in [0.3, 0.4) is 0 Å². The van der Waals surface area contributed by atoms with Crippen LogP contribution in [-0.2, 0) is 19.0 Å². The van der Waals surface area contributed by atoms with Crippen LogP contribution in [0.25, 0.3) is 11.1 Å². The Balaban J connectivity index is 2.02. The van der Waals surface area contributed by atoms with E-state index in [-0.39, 0.29) is 23.8 Å². The molecule has 188 valence electrons. The van der Waals surface area contributed by atoms with E-state index in [1.807, 2.05) is 13.8 Å². The molecule has 0 aliphatic heterocycles. The number of phenolic OH excluding ortho intramolecular Hbond substituents is 1. The maximum absolute atomic E-state index is 15.3. The molecule has 0 saturated heterocycles. The van der Waals surface area contributed by atoms with Crippen molar-refractivity contribution in [2.45, 2.75) is 58.5 Å². The molecule has 2 nitrogen and oxygen atoms in total. The minimum absolute atomic E-state index is 0.0297. The van der Waals surface area contributed by atoms with E-state index in [4.69, 9.17) is 0 Å². The van der Waals surface area contributed by atoms with Crippen molar-refractivity contribution in [2.75, 3.05) is 0 Å². The summed E-state index contributed by atoms with van der Waals surface area (Å²) in [6, 6.07) is 7.96. The highest BCUT2D eigenvalue weighted by molar-refractivity contribution is 5.73. The molecule has 8 heteroatoms. The fraction of sp³-hybridized carbons (Fsp3) is 0.333. The molecule has 0 saturated carbocycles. The molecular formula is C27H26F6O2. The third kappa shape index (κ3) is 5.74. The van der Waals surface area contributed by atoms with E-state index >= 15 is 4.39 Å². The van der Waals surface area contributed by atoms with Gasteiger partial charge in [-0.25, -0.2) is 17.6 Å². The lowest BCUT2D eigenvalue weighted by atomic mass is 9.96. The molecule has 0 spiro atoms. The lowest BCUT2D eigenvalue weighted by Crippen LogP contribution is -2.25. The van der Waals surface area contributed by atoms with Gasteiger partial charge in [-0.05, 0) is 42.5 Å². The van der Waals surface area contributed by atoms with E-state index in [9.17, 15) is 27.1 Å². The Morgan fingerprint density at radius 2 is 1.49 bits per heavy atom. The normalized spacial score (nSPS) is 11.7. The Kier molecular flexibility index (Phi) is 8.35. The number of hydrogen-bond acceptors (Lipinski definition) is 2. The Hall–Kier alpha value is -3.16. The average molecular weight is 496 g/mol. The first-order valence-corrected chi connectivity index (χ1v) is 11.4. The van der Waals surface area contributed by atoms with Gasteiger partial charge in [0.1, 0.15) is 22.9 Å². The highest BCUT2D eigenvalue weighted by atomic mass is 19.3. The van der Waals surface area contributed by atoms with Gasteiger partial charge < -0.3 is 9.84 Å². The van der Waals surface area contributed by atoms with Crippen LogP contribution in [0, 0.1) is 23.3 Å². The molecule has 0 fully saturated rings. The number of alkyl halides is 2. The highest BCUT2D eigenvalue weighted by Gasteiger charge is 2.43. The summed E-state index contributed by atoms with van der Waals surface area (Å²) in [5, 5.41) is 10.1. The summed E-state index contributed by atoms with van der Waals surface area (Å²) in [6.07, 6.45) is -0.508. The van der Waals surface area contributed by atoms with E-state index in [0.29, 0.717) is 12.8 Å². The number of phenols is 1. The van der Waals surface area contributed by atoms with E-state index in [2.05, 4.69) is 4.74 Å². The van der Waals surface area contributed by atoms with E-state index in [0.717, 1.165) is 30.9 Å². The summed E-state index contributed by atoms with van der Waals surface area (Å²) in [4.78, 5) is 0. The zero-order valence-corrected chi connectivity index (χ0v) is 19.4. The van der Waals surface area contributed by atoms with Gasteiger partial charge >= 0.3 is 6.11 Å². The molecular weight excluding hydrogens is 470 g/mol. The molecule has 0 unspecified atom stereocenters. The maximum atomic E-state index is 15.3. The van der Waals surface area contributed by atoms with Crippen LogP contribution in [0.15, 0.2) is 42.5 Å². The molecule has 0 atom stereocenters. The molecule has 0 aliphatic carbocycles. The molecule has 0 aliphatic rings. The molecule has 3 aromatic carbocycles. The smallest absolute Gasteiger partial charge is 0.432 e. The minimum Gasteiger partial charge on any atom is -0.507 e. The number of hydrogen-bond donors (Lipinski definition) is 1. The van der Waals surface area contributed by atoms with Crippen molar-refractivity contribution < 1.29 is 36.2 Å². The van der Waals surface area contributed by atoms with Crippen LogP contribution in [0.1, 0.15) is 56.2 Å². The highest BCUT2D eigenvalue weighted by Crippen LogP contribution is 2.43. The van der Waals surface area contributed by atoms with Gasteiger partial charge in [0.15, 0.2) is 17.5 Å². The van der Waals surface area contributed by atoms with Crippen molar-refractivity contribution in [2.24, 2.45) is 0 Å². The Morgan fingerprint density at radius 1 is 0.800 bits per heavy atom. The molecule has 0 amide bonds. The van der Waals surface area contributed by atoms with Gasteiger partial charge in [-0.3, -0.25) is 0 Å². The summed E-state index contributed by atoms with van der Waals surface area (Å²) in [5.74, 6) is -8.06. The first-order chi connectivity index (χ1) is 16.6. The van der Waals surface area contributed by atoms with Gasteiger partial charge in [-0.2, -0.15) is 8.78 Å². The van der Waals surface area contributed by atoms with Crippen molar-refractivity contribution in [3.63, 3.8) is 0 Å². The summed E-state index contributed by atoms with van der Waals surface area (Å²) in [5.41, 5.74) is -2.82. The summed E-state index contributed by atoms with van der Waals surface area (Å²) >= 11 is 0.